The zero-order chi connectivity index (χ0) is 24.3. The largest absolute Gasteiger partial charge is 0.296 e. The lowest BCUT2D eigenvalue weighted by atomic mass is 10.1. The van der Waals surface area contributed by atoms with Crippen LogP contribution in [0.15, 0.2) is 60.8 Å². The Balaban J connectivity index is 1.71. The number of aromatic nitrogens is 4. The second-order valence-electron chi connectivity index (χ2n) is 9.16. The van der Waals surface area contributed by atoms with Gasteiger partial charge in [0.25, 0.3) is 0 Å². The second kappa shape index (κ2) is 9.95. The lowest BCUT2D eigenvalue weighted by Gasteiger charge is -2.24. The number of nitrogens with zero attached hydrogens (tertiary/aromatic N) is 4. The molecule has 176 valence electrons. The van der Waals surface area contributed by atoms with Crippen molar-refractivity contribution in [2.75, 3.05) is 0 Å². The second-order valence-corrected chi connectivity index (χ2v) is 11.2. The fourth-order valence-electron chi connectivity index (χ4n) is 3.65. The van der Waals surface area contributed by atoms with Gasteiger partial charge >= 0.3 is 0 Å². The van der Waals surface area contributed by atoms with Crippen molar-refractivity contribution in [1.82, 2.24) is 24.5 Å². The van der Waals surface area contributed by atoms with Crippen molar-refractivity contribution in [2.24, 2.45) is 0 Å². The summed E-state index contributed by atoms with van der Waals surface area (Å²) in [5.74, 6) is 0.579. The molecule has 0 aliphatic heterocycles. The lowest BCUT2D eigenvalue weighted by molar-refractivity contribution is 0.111. The van der Waals surface area contributed by atoms with Gasteiger partial charge < -0.3 is 0 Å². The Hall–Kier alpha value is -3.23. The molecule has 0 saturated carbocycles. The minimum Gasteiger partial charge on any atom is -0.296 e. The number of benzene rings is 1. The van der Waals surface area contributed by atoms with Gasteiger partial charge in [0.2, 0.25) is 0 Å². The average Bonchev–Trinajstić information content (AvgIpc) is 3.26. The van der Waals surface area contributed by atoms with Gasteiger partial charge in [0, 0.05) is 10.9 Å². The summed E-state index contributed by atoms with van der Waals surface area (Å²) in [6.07, 6.45) is 4.29. The molecule has 3 heterocycles. The summed E-state index contributed by atoms with van der Waals surface area (Å²) in [5.41, 5.74) is 3.86. The van der Waals surface area contributed by atoms with Crippen LogP contribution < -0.4 is 4.72 Å². The molecule has 0 amide bonds. The number of pyridine rings is 2. The van der Waals surface area contributed by atoms with E-state index in [1.807, 2.05) is 63.2 Å². The molecule has 3 aromatic heterocycles. The number of fused-ring (bicyclic) bond motifs is 1. The van der Waals surface area contributed by atoms with E-state index in [0.29, 0.717) is 11.5 Å². The van der Waals surface area contributed by atoms with E-state index < -0.39 is 11.0 Å². The summed E-state index contributed by atoms with van der Waals surface area (Å²) in [7, 11) is -1.19. The van der Waals surface area contributed by atoms with Gasteiger partial charge in [-0.1, -0.05) is 37.6 Å². The average molecular weight is 476 g/mol. The SMILES string of the molecule is CCC[C@H](N[S@](=O)C(C)(C)C)c1cccc(-c2ccc3cnn(-c4cccc(C=O)n4)c3c2)n1. The third kappa shape index (κ3) is 5.13. The topological polar surface area (TPSA) is 89.8 Å². The van der Waals surface area contributed by atoms with E-state index >= 15 is 0 Å². The summed E-state index contributed by atoms with van der Waals surface area (Å²) in [6, 6.07) is 17.2. The van der Waals surface area contributed by atoms with Gasteiger partial charge in [0.1, 0.15) is 5.69 Å². The molecule has 4 aromatic rings. The molecule has 0 bridgehead atoms. The van der Waals surface area contributed by atoms with E-state index in [0.717, 1.165) is 47.0 Å². The molecule has 1 N–H and O–H groups in total. The van der Waals surface area contributed by atoms with Gasteiger partial charge in [-0.05, 0) is 57.5 Å². The van der Waals surface area contributed by atoms with Crippen molar-refractivity contribution in [1.29, 1.82) is 0 Å². The third-order valence-electron chi connectivity index (χ3n) is 5.47. The van der Waals surface area contributed by atoms with Crippen LogP contribution in [0, 0.1) is 0 Å². The van der Waals surface area contributed by atoms with E-state index in [1.165, 1.54) is 0 Å². The Morgan fingerprint density at radius 2 is 1.88 bits per heavy atom. The first-order valence-corrected chi connectivity index (χ1v) is 12.5. The molecule has 0 aliphatic rings. The third-order valence-corrected chi connectivity index (χ3v) is 7.08. The zero-order valence-electron chi connectivity index (χ0n) is 19.9. The van der Waals surface area contributed by atoms with Crippen molar-refractivity contribution in [2.45, 2.75) is 51.3 Å². The molecule has 0 spiro atoms. The van der Waals surface area contributed by atoms with Crippen LogP contribution in [0.2, 0.25) is 0 Å². The van der Waals surface area contributed by atoms with Crippen molar-refractivity contribution in [3.05, 3.63) is 72.2 Å². The van der Waals surface area contributed by atoms with Crippen molar-refractivity contribution < 1.29 is 9.00 Å². The molecular formula is C26H29N5O2S. The number of carbonyl (C=O) groups is 1. The normalized spacial score (nSPS) is 13.6. The van der Waals surface area contributed by atoms with Crippen LogP contribution in [0.1, 0.15) is 62.8 Å². The van der Waals surface area contributed by atoms with Gasteiger partial charge in [0.05, 0.1) is 44.9 Å². The van der Waals surface area contributed by atoms with Crippen LogP contribution in [0.4, 0.5) is 0 Å². The summed E-state index contributed by atoms with van der Waals surface area (Å²) < 4.78 is 17.4. The van der Waals surface area contributed by atoms with E-state index in [4.69, 9.17) is 4.98 Å². The minimum absolute atomic E-state index is 0.102. The number of aldehydes is 1. The van der Waals surface area contributed by atoms with Crippen molar-refractivity contribution in [3.8, 4) is 17.1 Å². The lowest BCUT2D eigenvalue weighted by Crippen LogP contribution is -2.36. The van der Waals surface area contributed by atoms with Crippen molar-refractivity contribution in [3.63, 3.8) is 0 Å². The predicted octanol–water partition coefficient (Wildman–Crippen LogP) is 5.19. The highest BCUT2D eigenvalue weighted by Gasteiger charge is 2.24. The number of carbonyl (C=O) groups excluding carboxylic acids is 1. The smallest absolute Gasteiger partial charge is 0.168 e. The van der Waals surface area contributed by atoms with Crippen LogP contribution in [-0.2, 0) is 11.0 Å². The predicted molar refractivity (Wildman–Crippen MR) is 136 cm³/mol. The highest BCUT2D eigenvalue weighted by molar-refractivity contribution is 7.84. The molecule has 2 atom stereocenters. The van der Waals surface area contributed by atoms with Gasteiger partial charge in [-0.2, -0.15) is 5.10 Å². The number of hydrogen-bond acceptors (Lipinski definition) is 5. The first kappa shape index (κ1) is 23.9. The van der Waals surface area contributed by atoms with E-state index in [2.05, 4.69) is 21.7 Å². The van der Waals surface area contributed by atoms with Crippen LogP contribution in [0.3, 0.4) is 0 Å². The highest BCUT2D eigenvalue weighted by atomic mass is 32.2. The molecule has 0 aliphatic carbocycles. The quantitative estimate of drug-likeness (QED) is 0.354. The minimum atomic E-state index is -1.19. The summed E-state index contributed by atoms with van der Waals surface area (Å²) >= 11 is 0. The summed E-state index contributed by atoms with van der Waals surface area (Å²) in [5, 5.41) is 5.44. The Kier molecular flexibility index (Phi) is 7.00. The summed E-state index contributed by atoms with van der Waals surface area (Å²) in [4.78, 5) is 20.5. The highest BCUT2D eigenvalue weighted by Crippen LogP contribution is 2.27. The monoisotopic (exact) mass is 475 g/mol. The van der Waals surface area contributed by atoms with Gasteiger partial charge in [0.15, 0.2) is 12.1 Å². The molecule has 8 heteroatoms. The Morgan fingerprint density at radius 3 is 2.62 bits per heavy atom. The Labute approximate surface area is 202 Å². The fourth-order valence-corrected chi connectivity index (χ4v) is 4.50. The number of hydrogen-bond donors (Lipinski definition) is 1. The van der Waals surface area contributed by atoms with Crippen LogP contribution in [0.5, 0.6) is 0 Å². The Bertz CT molecular complexity index is 1340. The van der Waals surface area contributed by atoms with E-state index in [9.17, 15) is 9.00 Å². The molecule has 34 heavy (non-hydrogen) atoms. The maximum atomic E-state index is 12.7. The van der Waals surface area contributed by atoms with Gasteiger partial charge in [-0.3, -0.25) is 9.78 Å². The standard InChI is InChI=1S/C26H29N5O2S/c1-5-8-23(30-34(33)26(2,3)4)22-11-7-10-21(29-22)18-13-14-19-16-27-31(24(19)15-18)25-12-6-9-20(17-32)28-25/h6-7,9-17,23,30H,5,8H2,1-4H3/t23-,34+/m0/s1. The molecule has 7 nitrogen and oxygen atoms in total. The van der Waals surface area contributed by atoms with E-state index in [1.54, 1.807) is 23.0 Å². The van der Waals surface area contributed by atoms with Crippen LogP contribution >= 0.6 is 0 Å². The maximum Gasteiger partial charge on any atom is 0.168 e. The van der Waals surface area contributed by atoms with E-state index in [-0.39, 0.29) is 10.8 Å². The molecule has 0 radical (unpaired) electrons. The Morgan fingerprint density at radius 1 is 1.09 bits per heavy atom. The number of nitrogens with one attached hydrogen (secondary N) is 1. The molecular weight excluding hydrogens is 446 g/mol. The molecule has 0 saturated heterocycles. The van der Waals surface area contributed by atoms with Crippen LogP contribution in [-0.4, -0.2) is 35.0 Å². The zero-order valence-corrected chi connectivity index (χ0v) is 20.7. The van der Waals surface area contributed by atoms with Gasteiger partial charge in [-0.15, -0.1) is 0 Å². The number of rotatable bonds is 8. The summed E-state index contributed by atoms with van der Waals surface area (Å²) in [6.45, 7) is 7.99. The first-order chi connectivity index (χ1) is 16.3. The molecule has 1 aromatic carbocycles. The van der Waals surface area contributed by atoms with Crippen LogP contribution in [0.25, 0.3) is 28.0 Å². The van der Waals surface area contributed by atoms with Crippen molar-refractivity contribution >= 4 is 28.2 Å². The molecule has 4 rings (SSSR count). The van der Waals surface area contributed by atoms with Gasteiger partial charge in [-0.25, -0.2) is 18.6 Å². The fraction of sp³-hybridized carbons (Fsp3) is 0.308. The maximum absolute atomic E-state index is 12.7. The molecule has 0 fully saturated rings. The first-order valence-electron chi connectivity index (χ1n) is 11.4. The molecule has 0 unspecified atom stereocenters.